The summed E-state index contributed by atoms with van der Waals surface area (Å²) in [6, 6.07) is 10.7. The van der Waals surface area contributed by atoms with Gasteiger partial charge in [-0.1, -0.05) is 18.2 Å². The van der Waals surface area contributed by atoms with Crippen LogP contribution in [0.3, 0.4) is 0 Å². The molecule has 0 spiro atoms. The van der Waals surface area contributed by atoms with Gasteiger partial charge in [0.15, 0.2) is 5.96 Å². The molecule has 0 saturated carbocycles. The molecular formula is C22H36N6O. The van der Waals surface area contributed by atoms with Gasteiger partial charge in [0.05, 0.1) is 6.04 Å². The first-order valence-corrected chi connectivity index (χ1v) is 10.8. The van der Waals surface area contributed by atoms with Gasteiger partial charge in [0.2, 0.25) is 5.91 Å². The van der Waals surface area contributed by atoms with Crippen LogP contribution in [-0.4, -0.2) is 99.6 Å². The molecule has 1 N–H and O–H groups in total. The van der Waals surface area contributed by atoms with Gasteiger partial charge in [-0.15, -0.1) is 0 Å². The van der Waals surface area contributed by atoms with E-state index in [1.165, 1.54) is 5.69 Å². The average molecular weight is 401 g/mol. The minimum atomic E-state index is 0.0652. The fourth-order valence-electron chi connectivity index (χ4n) is 4.30. The number of nitrogens with one attached hydrogen (secondary N) is 1. The molecule has 7 heteroatoms. The zero-order chi connectivity index (χ0) is 20.6. The molecule has 160 valence electrons. The first-order valence-electron chi connectivity index (χ1n) is 10.8. The van der Waals surface area contributed by atoms with Crippen molar-refractivity contribution in [3.8, 4) is 0 Å². The second kappa shape index (κ2) is 10.5. The summed E-state index contributed by atoms with van der Waals surface area (Å²) in [6.45, 7) is 6.82. The Bertz CT molecular complexity index is 669. The summed E-state index contributed by atoms with van der Waals surface area (Å²) in [4.78, 5) is 25.6. The average Bonchev–Trinajstić information content (AvgIpc) is 3.22. The van der Waals surface area contributed by atoms with E-state index in [0.717, 1.165) is 71.0 Å². The molecule has 1 aromatic carbocycles. The summed E-state index contributed by atoms with van der Waals surface area (Å²) in [7, 11) is 5.56. The predicted molar refractivity (Wildman–Crippen MR) is 119 cm³/mol. The number of benzene rings is 1. The first kappa shape index (κ1) is 21.4. The van der Waals surface area contributed by atoms with Crippen LogP contribution in [0.15, 0.2) is 35.3 Å². The second-order valence-corrected chi connectivity index (χ2v) is 8.06. The molecule has 2 aliphatic rings. The topological polar surface area (TPSA) is 54.4 Å². The summed E-state index contributed by atoms with van der Waals surface area (Å²) >= 11 is 0. The van der Waals surface area contributed by atoms with Crippen LogP contribution < -0.4 is 10.2 Å². The zero-order valence-electron chi connectivity index (χ0n) is 18.2. The molecule has 1 aromatic rings. The third-order valence-electron chi connectivity index (χ3n) is 5.91. The molecule has 1 amide bonds. The first-order chi connectivity index (χ1) is 14.1. The number of likely N-dealkylation sites (tertiary alicyclic amines) is 1. The van der Waals surface area contributed by atoms with Crippen LogP contribution in [0, 0.1) is 0 Å². The van der Waals surface area contributed by atoms with Gasteiger partial charge >= 0.3 is 0 Å². The molecule has 0 aliphatic carbocycles. The Morgan fingerprint density at radius 2 is 1.86 bits per heavy atom. The van der Waals surface area contributed by atoms with Crippen LogP contribution in [0.2, 0.25) is 0 Å². The molecule has 2 heterocycles. The van der Waals surface area contributed by atoms with Crippen molar-refractivity contribution in [2.75, 3.05) is 71.9 Å². The molecule has 0 bridgehead atoms. The minimum Gasteiger partial charge on any atom is -0.368 e. The highest BCUT2D eigenvalue weighted by Crippen LogP contribution is 2.19. The van der Waals surface area contributed by atoms with Gasteiger partial charge in [-0.3, -0.25) is 14.7 Å². The Labute approximate surface area is 175 Å². The van der Waals surface area contributed by atoms with Crippen LogP contribution in [0.4, 0.5) is 5.69 Å². The standard InChI is InChI=1S/C22H36N6O/c1-23-22(28-17-15-26(16-18-28)19-9-5-4-6-10-19)24-12-8-14-27-13-7-11-20(27)21(29)25(2)3/h4-6,9-10,20H,7-8,11-18H2,1-3H3,(H,23,24). The number of hydrogen-bond acceptors (Lipinski definition) is 4. The van der Waals surface area contributed by atoms with Gasteiger partial charge in [-0.05, 0) is 37.9 Å². The van der Waals surface area contributed by atoms with Gasteiger partial charge in [0, 0.05) is 66.1 Å². The minimum absolute atomic E-state index is 0.0652. The number of likely N-dealkylation sites (N-methyl/N-ethyl adjacent to an activating group) is 1. The van der Waals surface area contributed by atoms with Crippen LogP contribution >= 0.6 is 0 Å². The van der Waals surface area contributed by atoms with E-state index in [0.29, 0.717) is 0 Å². The lowest BCUT2D eigenvalue weighted by Crippen LogP contribution is -2.52. The summed E-state index contributed by atoms with van der Waals surface area (Å²) < 4.78 is 0. The van der Waals surface area contributed by atoms with Crippen molar-refractivity contribution < 1.29 is 4.79 Å². The van der Waals surface area contributed by atoms with E-state index < -0.39 is 0 Å². The highest BCUT2D eigenvalue weighted by atomic mass is 16.2. The van der Waals surface area contributed by atoms with Crippen molar-refractivity contribution in [3.63, 3.8) is 0 Å². The van der Waals surface area contributed by atoms with E-state index in [1.54, 1.807) is 4.90 Å². The zero-order valence-corrected chi connectivity index (χ0v) is 18.2. The molecule has 0 radical (unpaired) electrons. The Morgan fingerprint density at radius 1 is 1.14 bits per heavy atom. The van der Waals surface area contributed by atoms with Gasteiger partial charge in [0.1, 0.15) is 0 Å². The molecule has 2 saturated heterocycles. The van der Waals surface area contributed by atoms with Crippen molar-refractivity contribution in [2.45, 2.75) is 25.3 Å². The van der Waals surface area contributed by atoms with Crippen molar-refractivity contribution in [2.24, 2.45) is 4.99 Å². The van der Waals surface area contributed by atoms with Gasteiger partial charge in [-0.2, -0.15) is 0 Å². The van der Waals surface area contributed by atoms with E-state index in [1.807, 2.05) is 21.1 Å². The number of hydrogen-bond donors (Lipinski definition) is 1. The molecule has 7 nitrogen and oxygen atoms in total. The lowest BCUT2D eigenvalue weighted by Gasteiger charge is -2.37. The number of piperazine rings is 1. The molecule has 29 heavy (non-hydrogen) atoms. The Hall–Kier alpha value is -2.28. The smallest absolute Gasteiger partial charge is 0.239 e. The number of anilines is 1. The molecule has 0 aromatic heterocycles. The summed E-state index contributed by atoms with van der Waals surface area (Å²) in [6.07, 6.45) is 3.11. The van der Waals surface area contributed by atoms with Gasteiger partial charge in [-0.25, -0.2) is 0 Å². The number of amides is 1. The summed E-state index contributed by atoms with van der Waals surface area (Å²) in [5.41, 5.74) is 1.29. The number of nitrogens with zero attached hydrogens (tertiary/aromatic N) is 5. The third kappa shape index (κ3) is 5.63. The van der Waals surface area contributed by atoms with Gasteiger partial charge < -0.3 is 20.0 Å². The van der Waals surface area contributed by atoms with Crippen LogP contribution in [0.25, 0.3) is 0 Å². The maximum atomic E-state index is 12.3. The Morgan fingerprint density at radius 3 is 2.52 bits per heavy atom. The molecule has 1 unspecified atom stereocenters. The fraction of sp³-hybridized carbons (Fsp3) is 0.636. The maximum absolute atomic E-state index is 12.3. The van der Waals surface area contributed by atoms with Gasteiger partial charge in [0.25, 0.3) is 0 Å². The lowest BCUT2D eigenvalue weighted by atomic mass is 10.2. The van der Waals surface area contributed by atoms with Crippen molar-refractivity contribution in [1.29, 1.82) is 0 Å². The molecule has 1 atom stereocenters. The molecular weight excluding hydrogens is 364 g/mol. The van der Waals surface area contributed by atoms with Crippen LogP contribution in [0.5, 0.6) is 0 Å². The molecule has 3 rings (SSSR count). The van der Waals surface area contributed by atoms with Crippen molar-refractivity contribution >= 4 is 17.6 Å². The fourth-order valence-corrected chi connectivity index (χ4v) is 4.30. The summed E-state index contributed by atoms with van der Waals surface area (Å²) in [5, 5.41) is 3.52. The number of rotatable bonds is 6. The van der Waals surface area contributed by atoms with E-state index in [-0.39, 0.29) is 11.9 Å². The van der Waals surface area contributed by atoms with Crippen LogP contribution in [-0.2, 0) is 4.79 Å². The molecule has 2 aliphatic heterocycles. The number of aliphatic imine (C=N–C) groups is 1. The maximum Gasteiger partial charge on any atom is 0.239 e. The Kier molecular flexibility index (Phi) is 7.75. The SMILES string of the molecule is CN=C(NCCCN1CCCC1C(=O)N(C)C)N1CCN(c2ccccc2)CC1. The Balaban J connectivity index is 1.39. The highest BCUT2D eigenvalue weighted by molar-refractivity contribution is 5.81. The highest BCUT2D eigenvalue weighted by Gasteiger charge is 2.31. The second-order valence-electron chi connectivity index (χ2n) is 8.06. The monoisotopic (exact) mass is 400 g/mol. The summed E-state index contributed by atoms with van der Waals surface area (Å²) in [5.74, 6) is 1.22. The third-order valence-corrected chi connectivity index (χ3v) is 5.91. The van der Waals surface area contributed by atoms with E-state index >= 15 is 0 Å². The normalized spacial score (nSPS) is 20.8. The van der Waals surface area contributed by atoms with Crippen molar-refractivity contribution in [1.82, 2.24) is 20.0 Å². The number of para-hydroxylation sites is 1. The van der Waals surface area contributed by atoms with E-state index in [9.17, 15) is 4.79 Å². The predicted octanol–water partition coefficient (Wildman–Crippen LogP) is 1.33. The lowest BCUT2D eigenvalue weighted by molar-refractivity contribution is -0.133. The largest absolute Gasteiger partial charge is 0.368 e. The number of guanidine groups is 1. The number of carbonyl (C=O) groups excluding carboxylic acids is 1. The van der Waals surface area contributed by atoms with Crippen molar-refractivity contribution in [3.05, 3.63) is 30.3 Å². The quantitative estimate of drug-likeness (QED) is 0.444. The number of carbonyl (C=O) groups is 1. The van der Waals surface area contributed by atoms with Crippen LogP contribution in [0.1, 0.15) is 19.3 Å². The van der Waals surface area contributed by atoms with E-state index in [4.69, 9.17) is 0 Å². The van der Waals surface area contributed by atoms with E-state index in [2.05, 4.69) is 55.3 Å². The molecule has 2 fully saturated rings.